The molecule has 0 radical (unpaired) electrons. The van der Waals surface area contributed by atoms with E-state index in [1.807, 2.05) is 0 Å². The van der Waals surface area contributed by atoms with E-state index in [2.05, 4.69) is 10.4 Å². The Hall–Kier alpha value is -2.51. The Balaban J connectivity index is 2.12. The molecule has 1 atom stereocenters. The van der Waals surface area contributed by atoms with Gasteiger partial charge in [-0.2, -0.15) is 18.3 Å². The van der Waals surface area contributed by atoms with Crippen molar-refractivity contribution in [2.45, 2.75) is 32.6 Å². The van der Waals surface area contributed by atoms with Crippen LogP contribution in [0.25, 0.3) is 0 Å². The van der Waals surface area contributed by atoms with Gasteiger partial charge in [-0.25, -0.2) is 4.68 Å². The first-order valence-corrected chi connectivity index (χ1v) is 6.94. The topological polar surface area (TPSA) is 72.9 Å². The Labute approximate surface area is 131 Å². The summed E-state index contributed by atoms with van der Waals surface area (Å²) in [6, 6.07) is 5.97. The number of hydrogen-bond acceptors (Lipinski definition) is 3. The molecule has 0 aliphatic rings. The maximum absolute atomic E-state index is 13.0. The summed E-state index contributed by atoms with van der Waals surface area (Å²) in [4.78, 5) is 12.0. The Morgan fingerprint density at radius 2 is 2.04 bits per heavy atom. The quantitative estimate of drug-likeness (QED) is 0.907. The third-order valence-electron chi connectivity index (χ3n) is 3.34. The van der Waals surface area contributed by atoms with Crippen LogP contribution in [0.1, 0.15) is 29.8 Å². The van der Waals surface area contributed by atoms with Crippen molar-refractivity contribution in [2.24, 2.45) is 0 Å². The SMILES string of the molecule is Cc1cc(N)n(CC(=O)NC(C)c2ccccc2C(F)(F)F)n1. The van der Waals surface area contributed by atoms with Crippen LogP contribution >= 0.6 is 0 Å². The zero-order chi connectivity index (χ0) is 17.2. The molecule has 1 aromatic heterocycles. The standard InChI is InChI=1S/C15H17F3N4O/c1-9-7-13(19)22(21-9)8-14(23)20-10(2)11-5-3-4-6-12(11)15(16,17)18/h3-7,10H,8,19H2,1-2H3,(H,20,23). The molecule has 8 heteroatoms. The minimum absolute atomic E-state index is 0.0120. The average molecular weight is 326 g/mol. The lowest BCUT2D eigenvalue weighted by atomic mass is 10.0. The molecule has 0 spiro atoms. The maximum Gasteiger partial charge on any atom is 0.416 e. The van der Waals surface area contributed by atoms with Crippen molar-refractivity contribution in [1.29, 1.82) is 0 Å². The van der Waals surface area contributed by atoms with E-state index in [1.54, 1.807) is 13.0 Å². The average Bonchev–Trinajstić information content (AvgIpc) is 2.75. The highest BCUT2D eigenvalue weighted by Gasteiger charge is 2.34. The van der Waals surface area contributed by atoms with Gasteiger partial charge in [0.05, 0.1) is 17.3 Å². The lowest BCUT2D eigenvalue weighted by Crippen LogP contribution is -2.31. The molecule has 23 heavy (non-hydrogen) atoms. The van der Waals surface area contributed by atoms with Crippen LogP contribution in [-0.2, 0) is 17.5 Å². The number of nitrogens with two attached hydrogens (primary N) is 1. The predicted octanol–water partition coefficient (Wildman–Crippen LogP) is 2.67. The number of alkyl halides is 3. The number of benzene rings is 1. The van der Waals surface area contributed by atoms with Gasteiger partial charge in [0.25, 0.3) is 0 Å². The third-order valence-corrected chi connectivity index (χ3v) is 3.34. The number of nitrogens with one attached hydrogen (secondary N) is 1. The molecule has 0 bridgehead atoms. The van der Waals surface area contributed by atoms with Crippen molar-refractivity contribution in [2.75, 3.05) is 5.73 Å². The lowest BCUT2D eigenvalue weighted by Gasteiger charge is -2.19. The largest absolute Gasteiger partial charge is 0.416 e. The molecule has 0 saturated heterocycles. The van der Waals surface area contributed by atoms with E-state index in [9.17, 15) is 18.0 Å². The predicted molar refractivity (Wildman–Crippen MR) is 79.4 cm³/mol. The number of halogens is 3. The molecule has 5 nitrogen and oxygen atoms in total. The summed E-state index contributed by atoms with van der Waals surface area (Å²) in [5.41, 5.74) is 5.59. The van der Waals surface area contributed by atoms with E-state index >= 15 is 0 Å². The Morgan fingerprint density at radius 3 is 2.61 bits per heavy atom. The van der Waals surface area contributed by atoms with Crippen molar-refractivity contribution in [3.05, 3.63) is 47.2 Å². The number of rotatable bonds is 4. The van der Waals surface area contributed by atoms with Gasteiger partial charge in [0.1, 0.15) is 12.4 Å². The van der Waals surface area contributed by atoms with Gasteiger partial charge >= 0.3 is 6.18 Å². The number of carbonyl (C=O) groups is 1. The summed E-state index contributed by atoms with van der Waals surface area (Å²) in [6.07, 6.45) is -4.47. The molecule has 2 rings (SSSR count). The molecule has 2 aromatic rings. The fourth-order valence-electron chi connectivity index (χ4n) is 2.33. The van der Waals surface area contributed by atoms with Gasteiger partial charge in [0.2, 0.25) is 5.91 Å². The van der Waals surface area contributed by atoms with Crippen LogP contribution in [0.5, 0.6) is 0 Å². The van der Waals surface area contributed by atoms with Crippen molar-refractivity contribution in [3.63, 3.8) is 0 Å². The van der Waals surface area contributed by atoms with E-state index in [4.69, 9.17) is 5.73 Å². The number of hydrogen-bond donors (Lipinski definition) is 2. The molecule has 1 heterocycles. The molecule has 1 aromatic carbocycles. The molecular weight excluding hydrogens is 309 g/mol. The minimum atomic E-state index is -4.47. The van der Waals surface area contributed by atoms with Crippen LogP contribution in [0.15, 0.2) is 30.3 Å². The second-order valence-corrected chi connectivity index (χ2v) is 5.24. The molecule has 1 amide bonds. The molecule has 0 aliphatic carbocycles. The first-order chi connectivity index (χ1) is 10.7. The van der Waals surface area contributed by atoms with Crippen LogP contribution < -0.4 is 11.1 Å². The fourth-order valence-corrected chi connectivity index (χ4v) is 2.33. The van der Waals surface area contributed by atoms with Crippen LogP contribution in [-0.4, -0.2) is 15.7 Å². The van der Waals surface area contributed by atoms with E-state index in [1.165, 1.54) is 29.8 Å². The number of anilines is 1. The Kier molecular flexibility index (Phi) is 4.63. The van der Waals surface area contributed by atoms with E-state index in [-0.39, 0.29) is 12.1 Å². The van der Waals surface area contributed by atoms with Crippen molar-refractivity contribution in [1.82, 2.24) is 15.1 Å². The minimum Gasteiger partial charge on any atom is -0.384 e. The Morgan fingerprint density at radius 1 is 1.39 bits per heavy atom. The molecule has 1 unspecified atom stereocenters. The van der Waals surface area contributed by atoms with Gasteiger partial charge in [0, 0.05) is 6.07 Å². The summed E-state index contributed by atoms with van der Waals surface area (Å²) < 4.78 is 40.3. The second-order valence-electron chi connectivity index (χ2n) is 5.24. The zero-order valence-electron chi connectivity index (χ0n) is 12.7. The number of aromatic nitrogens is 2. The maximum atomic E-state index is 13.0. The molecule has 124 valence electrons. The molecular formula is C15H17F3N4O. The zero-order valence-corrected chi connectivity index (χ0v) is 12.7. The monoisotopic (exact) mass is 326 g/mol. The fraction of sp³-hybridized carbons (Fsp3) is 0.333. The highest BCUT2D eigenvalue weighted by Crippen LogP contribution is 2.34. The molecule has 3 N–H and O–H groups in total. The number of aryl methyl sites for hydroxylation is 1. The third kappa shape index (κ3) is 4.02. The van der Waals surface area contributed by atoms with Gasteiger partial charge in [-0.1, -0.05) is 18.2 Å². The summed E-state index contributed by atoms with van der Waals surface area (Å²) in [5.74, 6) is -0.148. The summed E-state index contributed by atoms with van der Waals surface area (Å²) in [7, 11) is 0. The van der Waals surface area contributed by atoms with Crippen LogP contribution in [0.4, 0.5) is 19.0 Å². The van der Waals surface area contributed by atoms with Gasteiger partial charge in [-0.15, -0.1) is 0 Å². The van der Waals surface area contributed by atoms with Crippen molar-refractivity contribution < 1.29 is 18.0 Å². The number of nitrogen functional groups attached to an aromatic ring is 1. The summed E-state index contributed by atoms with van der Waals surface area (Å²) >= 11 is 0. The summed E-state index contributed by atoms with van der Waals surface area (Å²) in [6.45, 7) is 3.07. The van der Waals surface area contributed by atoms with Crippen LogP contribution in [0, 0.1) is 6.92 Å². The van der Waals surface area contributed by atoms with Crippen molar-refractivity contribution in [3.8, 4) is 0 Å². The van der Waals surface area contributed by atoms with Crippen LogP contribution in [0.3, 0.4) is 0 Å². The number of nitrogens with zero attached hydrogens (tertiary/aromatic N) is 2. The number of amides is 1. The first-order valence-electron chi connectivity index (χ1n) is 6.94. The second kappa shape index (κ2) is 6.31. The highest BCUT2D eigenvalue weighted by atomic mass is 19.4. The van der Waals surface area contributed by atoms with Gasteiger partial charge in [-0.3, -0.25) is 4.79 Å². The van der Waals surface area contributed by atoms with Crippen LogP contribution in [0.2, 0.25) is 0 Å². The van der Waals surface area contributed by atoms with Gasteiger partial charge in [-0.05, 0) is 25.5 Å². The van der Waals surface area contributed by atoms with E-state index < -0.39 is 23.7 Å². The van der Waals surface area contributed by atoms with Gasteiger partial charge in [0.15, 0.2) is 0 Å². The van der Waals surface area contributed by atoms with Crippen molar-refractivity contribution >= 4 is 11.7 Å². The highest BCUT2D eigenvalue weighted by molar-refractivity contribution is 5.76. The first kappa shape index (κ1) is 16.9. The molecule has 0 saturated carbocycles. The summed E-state index contributed by atoms with van der Waals surface area (Å²) in [5, 5.41) is 6.58. The normalized spacial score (nSPS) is 12.9. The smallest absolute Gasteiger partial charge is 0.384 e. The molecule has 0 fully saturated rings. The van der Waals surface area contributed by atoms with E-state index in [0.717, 1.165) is 6.07 Å². The lowest BCUT2D eigenvalue weighted by molar-refractivity contribution is -0.138. The Bertz CT molecular complexity index is 709. The molecule has 0 aliphatic heterocycles. The number of carbonyl (C=O) groups excluding carboxylic acids is 1. The van der Waals surface area contributed by atoms with E-state index in [0.29, 0.717) is 11.5 Å². The van der Waals surface area contributed by atoms with Gasteiger partial charge < -0.3 is 11.1 Å².